The Kier molecular flexibility index (Phi) is 6.27. The van der Waals surface area contributed by atoms with Gasteiger partial charge in [-0.15, -0.1) is 0 Å². The van der Waals surface area contributed by atoms with Gasteiger partial charge in [-0.25, -0.2) is 0 Å². The van der Waals surface area contributed by atoms with Gasteiger partial charge in [0.1, 0.15) is 5.54 Å². The van der Waals surface area contributed by atoms with Crippen molar-refractivity contribution in [3.63, 3.8) is 0 Å². The molecule has 0 radical (unpaired) electrons. The molecule has 0 aromatic heterocycles. The lowest BCUT2D eigenvalue weighted by atomic mass is 9.94. The van der Waals surface area contributed by atoms with Gasteiger partial charge in [0.15, 0.2) is 0 Å². The van der Waals surface area contributed by atoms with Gasteiger partial charge in [0, 0.05) is 6.04 Å². The first-order chi connectivity index (χ1) is 8.90. The van der Waals surface area contributed by atoms with Gasteiger partial charge >= 0.3 is 5.97 Å². The summed E-state index contributed by atoms with van der Waals surface area (Å²) in [5.74, 6) is 0.544. The molecule has 0 spiro atoms. The molecule has 4 heteroatoms. The van der Waals surface area contributed by atoms with Gasteiger partial charge in [-0.3, -0.25) is 4.79 Å². The van der Waals surface area contributed by atoms with Crippen LogP contribution in [0.25, 0.3) is 0 Å². The van der Waals surface area contributed by atoms with E-state index < -0.39 is 5.54 Å². The Morgan fingerprint density at radius 2 is 2.16 bits per heavy atom. The normalized spacial score (nSPS) is 26.3. The van der Waals surface area contributed by atoms with E-state index in [1.54, 1.807) is 6.92 Å². The number of methoxy groups -OCH3 is 1. The van der Waals surface area contributed by atoms with Crippen molar-refractivity contribution >= 4 is 5.97 Å². The second kappa shape index (κ2) is 7.25. The van der Waals surface area contributed by atoms with E-state index in [2.05, 4.69) is 18.7 Å². The van der Waals surface area contributed by atoms with Gasteiger partial charge in [0.05, 0.1) is 7.11 Å². The van der Waals surface area contributed by atoms with Crippen molar-refractivity contribution in [1.82, 2.24) is 4.90 Å². The summed E-state index contributed by atoms with van der Waals surface area (Å²) in [5.41, 5.74) is 5.19. The molecular formula is C15H30N2O2. The molecule has 0 amide bonds. The lowest BCUT2D eigenvalue weighted by Crippen LogP contribution is -2.51. The SMILES string of the molecule is CCC1CCCN(C(C)CC(C)(N)C(=O)OC)CC1. The largest absolute Gasteiger partial charge is 0.468 e. The third kappa shape index (κ3) is 4.77. The van der Waals surface area contributed by atoms with Crippen molar-refractivity contribution < 1.29 is 9.53 Å². The standard InChI is InChI=1S/C15H30N2O2/c1-5-13-7-6-9-17(10-8-13)12(2)11-15(3,16)14(18)19-4/h12-13H,5-11,16H2,1-4H3. The molecule has 1 rings (SSSR count). The Labute approximate surface area is 117 Å². The van der Waals surface area contributed by atoms with Crippen LogP contribution in [0.3, 0.4) is 0 Å². The van der Waals surface area contributed by atoms with Gasteiger partial charge in [0.2, 0.25) is 0 Å². The zero-order valence-corrected chi connectivity index (χ0v) is 12.9. The van der Waals surface area contributed by atoms with Gasteiger partial charge in [-0.2, -0.15) is 0 Å². The number of esters is 1. The summed E-state index contributed by atoms with van der Waals surface area (Å²) in [4.78, 5) is 14.1. The summed E-state index contributed by atoms with van der Waals surface area (Å²) < 4.78 is 4.78. The van der Waals surface area contributed by atoms with Crippen LogP contribution in [-0.2, 0) is 9.53 Å². The summed E-state index contributed by atoms with van der Waals surface area (Å²) in [5, 5.41) is 0. The van der Waals surface area contributed by atoms with Crippen LogP contribution >= 0.6 is 0 Å². The Bertz CT molecular complexity index is 292. The molecule has 0 aliphatic carbocycles. The molecule has 0 bridgehead atoms. The summed E-state index contributed by atoms with van der Waals surface area (Å²) in [6.07, 6.45) is 5.77. The smallest absolute Gasteiger partial charge is 0.325 e. The molecule has 19 heavy (non-hydrogen) atoms. The van der Waals surface area contributed by atoms with Crippen LogP contribution in [0, 0.1) is 5.92 Å². The van der Waals surface area contributed by atoms with Gasteiger partial charge < -0.3 is 15.4 Å². The zero-order valence-electron chi connectivity index (χ0n) is 12.9. The fraction of sp³-hybridized carbons (Fsp3) is 0.933. The average Bonchev–Trinajstić information content (AvgIpc) is 2.62. The van der Waals surface area contributed by atoms with E-state index in [1.807, 2.05) is 0 Å². The van der Waals surface area contributed by atoms with Crippen molar-refractivity contribution in [2.75, 3.05) is 20.2 Å². The minimum atomic E-state index is -0.884. The van der Waals surface area contributed by atoms with Crippen molar-refractivity contribution in [2.45, 2.75) is 64.5 Å². The lowest BCUT2D eigenvalue weighted by molar-refractivity contribution is -0.147. The van der Waals surface area contributed by atoms with E-state index in [0.29, 0.717) is 12.5 Å². The topological polar surface area (TPSA) is 55.6 Å². The van der Waals surface area contributed by atoms with Crippen molar-refractivity contribution in [1.29, 1.82) is 0 Å². The minimum Gasteiger partial charge on any atom is -0.468 e. The van der Waals surface area contributed by atoms with Crippen molar-refractivity contribution in [3.05, 3.63) is 0 Å². The highest BCUT2D eigenvalue weighted by Crippen LogP contribution is 2.23. The van der Waals surface area contributed by atoms with Gasteiger partial charge in [-0.1, -0.05) is 13.3 Å². The molecule has 112 valence electrons. The molecule has 4 nitrogen and oxygen atoms in total. The Morgan fingerprint density at radius 1 is 1.47 bits per heavy atom. The molecule has 3 atom stereocenters. The first-order valence-electron chi connectivity index (χ1n) is 7.52. The first kappa shape index (κ1) is 16.4. The number of nitrogens with zero attached hydrogens (tertiary/aromatic N) is 1. The zero-order chi connectivity index (χ0) is 14.5. The summed E-state index contributed by atoms with van der Waals surface area (Å²) in [6, 6.07) is 0.324. The number of nitrogens with two attached hydrogens (primary N) is 1. The number of carbonyl (C=O) groups excluding carboxylic acids is 1. The second-order valence-corrected chi connectivity index (χ2v) is 6.20. The second-order valence-electron chi connectivity index (χ2n) is 6.20. The molecule has 1 saturated heterocycles. The van der Waals surface area contributed by atoms with E-state index >= 15 is 0 Å². The van der Waals surface area contributed by atoms with Gasteiger partial charge in [0.25, 0.3) is 0 Å². The van der Waals surface area contributed by atoms with E-state index in [9.17, 15) is 4.79 Å². The Morgan fingerprint density at radius 3 is 2.74 bits per heavy atom. The highest BCUT2D eigenvalue weighted by atomic mass is 16.5. The van der Waals surface area contributed by atoms with E-state index in [1.165, 1.54) is 32.8 Å². The highest BCUT2D eigenvalue weighted by Gasteiger charge is 2.33. The molecule has 2 N–H and O–H groups in total. The number of carbonyl (C=O) groups is 1. The number of rotatable bonds is 5. The fourth-order valence-corrected chi connectivity index (χ4v) is 3.10. The van der Waals surface area contributed by atoms with Crippen LogP contribution in [-0.4, -0.2) is 42.6 Å². The van der Waals surface area contributed by atoms with Gasteiger partial charge in [-0.05, 0) is 58.5 Å². The summed E-state index contributed by atoms with van der Waals surface area (Å²) in [6.45, 7) is 8.45. The molecule has 1 aliphatic heterocycles. The van der Waals surface area contributed by atoms with Crippen LogP contribution in [0.2, 0.25) is 0 Å². The maximum absolute atomic E-state index is 11.7. The predicted molar refractivity (Wildman–Crippen MR) is 77.9 cm³/mol. The van der Waals surface area contributed by atoms with E-state index in [-0.39, 0.29) is 5.97 Å². The highest BCUT2D eigenvalue weighted by molar-refractivity contribution is 5.79. The number of hydrogen-bond donors (Lipinski definition) is 1. The Hall–Kier alpha value is -0.610. The quantitative estimate of drug-likeness (QED) is 0.778. The van der Waals surface area contributed by atoms with Crippen LogP contribution in [0.1, 0.15) is 52.9 Å². The molecule has 0 aromatic carbocycles. The maximum atomic E-state index is 11.7. The molecule has 0 saturated carbocycles. The number of likely N-dealkylation sites (tertiary alicyclic amines) is 1. The third-order valence-electron chi connectivity index (χ3n) is 4.45. The number of hydrogen-bond acceptors (Lipinski definition) is 4. The molecule has 1 fully saturated rings. The number of ether oxygens (including phenoxy) is 1. The molecular weight excluding hydrogens is 240 g/mol. The molecule has 0 aromatic rings. The minimum absolute atomic E-state index is 0.319. The van der Waals surface area contributed by atoms with E-state index in [0.717, 1.165) is 19.0 Å². The first-order valence-corrected chi connectivity index (χ1v) is 7.52. The summed E-state index contributed by atoms with van der Waals surface area (Å²) in [7, 11) is 1.40. The predicted octanol–water partition coefficient (Wildman–Crippen LogP) is 2.17. The fourth-order valence-electron chi connectivity index (χ4n) is 3.10. The summed E-state index contributed by atoms with van der Waals surface area (Å²) >= 11 is 0. The monoisotopic (exact) mass is 270 g/mol. The van der Waals surface area contributed by atoms with Crippen molar-refractivity contribution in [3.8, 4) is 0 Å². The third-order valence-corrected chi connectivity index (χ3v) is 4.45. The van der Waals surface area contributed by atoms with E-state index in [4.69, 9.17) is 10.5 Å². The Balaban J connectivity index is 2.53. The van der Waals surface area contributed by atoms with Crippen LogP contribution < -0.4 is 5.73 Å². The van der Waals surface area contributed by atoms with Crippen molar-refractivity contribution in [2.24, 2.45) is 11.7 Å². The van der Waals surface area contributed by atoms with Crippen LogP contribution in [0.15, 0.2) is 0 Å². The molecule has 1 aliphatic rings. The lowest BCUT2D eigenvalue weighted by Gasteiger charge is -2.33. The molecule has 3 unspecified atom stereocenters. The van der Waals surface area contributed by atoms with Crippen LogP contribution in [0.4, 0.5) is 0 Å². The maximum Gasteiger partial charge on any atom is 0.325 e. The molecule has 1 heterocycles. The average molecular weight is 270 g/mol. The van der Waals surface area contributed by atoms with Crippen LogP contribution in [0.5, 0.6) is 0 Å².